The van der Waals surface area contributed by atoms with E-state index in [4.69, 9.17) is 51.1 Å². The lowest BCUT2D eigenvalue weighted by Gasteiger charge is -2.28. The van der Waals surface area contributed by atoms with E-state index in [9.17, 15) is 0 Å². The van der Waals surface area contributed by atoms with Crippen LogP contribution in [-0.4, -0.2) is 6.61 Å². The number of nitrogens with one attached hydrogen (secondary N) is 1. The van der Waals surface area contributed by atoms with Crippen molar-refractivity contribution in [1.29, 1.82) is 0 Å². The first-order chi connectivity index (χ1) is 10.0. The van der Waals surface area contributed by atoms with E-state index in [1.54, 1.807) is 24.3 Å². The molecule has 1 N–H and O–H groups in total. The van der Waals surface area contributed by atoms with Crippen LogP contribution in [0.1, 0.15) is 18.0 Å². The maximum atomic E-state index is 6.20. The normalized spacial score (nSPS) is 17.0. The summed E-state index contributed by atoms with van der Waals surface area (Å²) in [4.78, 5) is 0. The summed E-state index contributed by atoms with van der Waals surface area (Å²) in [7, 11) is 0. The highest BCUT2D eigenvalue weighted by molar-refractivity contribution is 6.36. The lowest BCUT2D eigenvalue weighted by Crippen LogP contribution is -2.20. The van der Waals surface area contributed by atoms with Gasteiger partial charge in [-0.25, -0.2) is 0 Å². The van der Waals surface area contributed by atoms with Gasteiger partial charge in [-0.15, -0.1) is 0 Å². The van der Waals surface area contributed by atoms with Crippen LogP contribution in [0.2, 0.25) is 20.1 Å². The Kier molecular flexibility index (Phi) is 4.41. The Labute approximate surface area is 142 Å². The van der Waals surface area contributed by atoms with Gasteiger partial charge < -0.3 is 10.1 Å². The summed E-state index contributed by atoms with van der Waals surface area (Å²) in [6.45, 7) is 0.574. The molecule has 0 bridgehead atoms. The van der Waals surface area contributed by atoms with Crippen molar-refractivity contribution in [3.63, 3.8) is 0 Å². The summed E-state index contributed by atoms with van der Waals surface area (Å²) in [5.74, 6) is 0.669. The van der Waals surface area contributed by atoms with Gasteiger partial charge in [0.15, 0.2) is 0 Å². The number of hydrogen-bond donors (Lipinski definition) is 1. The molecule has 0 aromatic heterocycles. The Morgan fingerprint density at radius 1 is 0.952 bits per heavy atom. The van der Waals surface area contributed by atoms with Crippen LogP contribution in [0.4, 0.5) is 5.69 Å². The molecule has 3 rings (SSSR count). The van der Waals surface area contributed by atoms with Crippen molar-refractivity contribution in [3.8, 4) is 5.75 Å². The largest absolute Gasteiger partial charge is 0.492 e. The maximum Gasteiger partial charge on any atom is 0.143 e. The zero-order chi connectivity index (χ0) is 15.0. The monoisotopic (exact) mass is 361 g/mol. The molecule has 0 saturated carbocycles. The Bertz CT molecular complexity index is 690. The summed E-state index contributed by atoms with van der Waals surface area (Å²) >= 11 is 24.5. The van der Waals surface area contributed by atoms with Crippen molar-refractivity contribution in [2.75, 3.05) is 11.9 Å². The first-order valence-electron chi connectivity index (χ1n) is 6.38. The van der Waals surface area contributed by atoms with Crippen molar-refractivity contribution >= 4 is 52.1 Å². The minimum Gasteiger partial charge on any atom is -0.492 e. The number of ether oxygens (including phenoxy) is 1. The molecule has 1 aliphatic rings. The van der Waals surface area contributed by atoms with Crippen molar-refractivity contribution in [2.45, 2.75) is 12.5 Å². The highest BCUT2D eigenvalue weighted by Crippen LogP contribution is 2.42. The third-order valence-corrected chi connectivity index (χ3v) is 4.39. The zero-order valence-electron chi connectivity index (χ0n) is 10.8. The van der Waals surface area contributed by atoms with Crippen LogP contribution in [0.15, 0.2) is 30.3 Å². The molecule has 0 saturated heterocycles. The lowest BCUT2D eigenvalue weighted by molar-refractivity contribution is 0.274. The highest BCUT2D eigenvalue weighted by Gasteiger charge is 2.24. The van der Waals surface area contributed by atoms with Crippen LogP contribution < -0.4 is 10.1 Å². The fourth-order valence-electron chi connectivity index (χ4n) is 2.37. The second-order valence-corrected chi connectivity index (χ2v) is 6.45. The second-order valence-electron chi connectivity index (χ2n) is 4.76. The molecule has 1 heterocycles. The first-order valence-corrected chi connectivity index (χ1v) is 7.89. The van der Waals surface area contributed by atoms with E-state index >= 15 is 0 Å². The molecule has 0 radical (unpaired) electrons. The standard InChI is InChI=1S/C15H11Cl4NO/c16-8-1-2-11(18)14(7-8)20-13-3-4-21-15-10(13)5-9(17)6-12(15)19/h1-2,5-7,13,20H,3-4H2. The van der Waals surface area contributed by atoms with Crippen LogP contribution >= 0.6 is 46.4 Å². The molecule has 0 aliphatic carbocycles. The van der Waals surface area contributed by atoms with Crippen molar-refractivity contribution in [3.05, 3.63) is 56.0 Å². The molecule has 1 unspecified atom stereocenters. The fraction of sp³-hybridized carbons (Fsp3) is 0.200. The van der Waals surface area contributed by atoms with E-state index in [1.807, 2.05) is 6.07 Å². The van der Waals surface area contributed by atoms with Gasteiger partial charge in [-0.1, -0.05) is 46.4 Å². The van der Waals surface area contributed by atoms with Gasteiger partial charge >= 0.3 is 0 Å². The Balaban J connectivity index is 1.97. The molecular formula is C15H11Cl4NO. The number of anilines is 1. The van der Waals surface area contributed by atoms with E-state index in [1.165, 1.54) is 0 Å². The quantitative estimate of drug-likeness (QED) is 0.682. The summed E-state index contributed by atoms with van der Waals surface area (Å²) in [5, 5.41) is 5.71. The third kappa shape index (κ3) is 3.19. The average Bonchev–Trinajstić information content (AvgIpc) is 2.43. The summed E-state index contributed by atoms with van der Waals surface area (Å²) in [6, 6.07) is 8.86. The number of rotatable bonds is 2. The molecule has 1 aliphatic heterocycles. The maximum absolute atomic E-state index is 6.20. The van der Waals surface area contributed by atoms with Crippen molar-refractivity contribution < 1.29 is 4.74 Å². The summed E-state index contributed by atoms with van der Waals surface area (Å²) in [5.41, 5.74) is 1.70. The molecule has 1 atom stereocenters. The third-order valence-electron chi connectivity index (χ3n) is 3.32. The lowest BCUT2D eigenvalue weighted by atomic mass is 10.00. The van der Waals surface area contributed by atoms with Gasteiger partial charge in [-0.2, -0.15) is 0 Å². The van der Waals surface area contributed by atoms with Gasteiger partial charge in [0.2, 0.25) is 0 Å². The van der Waals surface area contributed by atoms with E-state index < -0.39 is 0 Å². The number of fused-ring (bicyclic) bond motifs is 1. The van der Waals surface area contributed by atoms with Gasteiger partial charge in [0.1, 0.15) is 5.75 Å². The Morgan fingerprint density at radius 2 is 1.76 bits per heavy atom. The zero-order valence-corrected chi connectivity index (χ0v) is 13.8. The number of hydrogen-bond acceptors (Lipinski definition) is 2. The Hall–Kier alpha value is -0.800. The van der Waals surface area contributed by atoms with Crippen LogP contribution in [0.25, 0.3) is 0 Å². The predicted molar refractivity (Wildman–Crippen MR) is 89.4 cm³/mol. The minimum atomic E-state index is 0.0147. The number of benzene rings is 2. The van der Waals surface area contributed by atoms with E-state index in [2.05, 4.69) is 5.32 Å². The highest BCUT2D eigenvalue weighted by atomic mass is 35.5. The van der Waals surface area contributed by atoms with Crippen LogP contribution in [-0.2, 0) is 0 Å². The molecule has 6 heteroatoms. The van der Waals surface area contributed by atoms with Crippen LogP contribution in [0, 0.1) is 0 Å². The molecule has 2 nitrogen and oxygen atoms in total. The van der Waals surface area contributed by atoms with E-state index in [-0.39, 0.29) is 6.04 Å². The average molecular weight is 363 g/mol. The predicted octanol–water partition coefficient (Wildman–Crippen LogP) is 6.24. The fourth-order valence-corrected chi connectivity index (χ4v) is 3.28. The molecular weight excluding hydrogens is 352 g/mol. The van der Waals surface area contributed by atoms with Gasteiger partial charge in [-0.3, -0.25) is 0 Å². The van der Waals surface area contributed by atoms with Gasteiger partial charge in [0, 0.05) is 22.0 Å². The molecule has 2 aromatic rings. The SMILES string of the molecule is Clc1ccc(Cl)c(NC2CCOc3c(Cl)cc(Cl)cc32)c1. The molecule has 2 aromatic carbocycles. The van der Waals surface area contributed by atoms with Crippen molar-refractivity contribution in [1.82, 2.24) is 0 Å². The second kappa shape index (κ2) is 6.13. The molecule has 0 amide bonds. The first kappa shape index (κ1) is 15.1. The van der Waals surface area contributed by atoms with Crippen molar-refractivity contribution in [2.24, 2.45) is 0 Å². The van der Waals surface area contributed by atoms with Crippen LogP contribution in [0.5, 0.6) is 5.75 Å². The molecule has 0 spiro atoms. The summed E-state index contributed by atoms with van der Waals surface area (Å²) < 4.78 is 5.64. The number of halogens is 4. The molecule has 0 fully saturated rings. The van der Waals surface area contributed by atoms with E-state index in [0.29, 0.717) is 32.4 Å². The van der Waals surface area contributed by atoms with E-state index in [0.717, 1.165) is 17.7 Å². The molecule has 110 valence electrons. The van der Waals surface area contributed by atoms with Gasteiger partial charge in [0.05, 0.1) is 28.4 Å². The Morgan fingerprint density at radius 3 is 2.57 bits per heavy atom. The smallest absolute Gasteiger partial charge is 0.143 e. The van der Waals surface area contributed by atoms with Gasteiger partial charge in [0.25, 0.3) is 0 Å². The minimum absolute atomic E-state index is 0.0147. The topological polar surface area (TPSA) is 21.3 Å². The molecule has 21 heavy (non-hydrogen) atoms. The van der Waals surface area contributed by atoms with Crippen LogP contribution in [0.3, 0.4) is 0 Å². The summed E-state index contributed by atoms with van der Waals surface area (Å²) in [6.07, 6.45) is 0.784. The van der Waals surface area contributed by atoms with Gasteiger partial charge in [-0.05, 0) is 30.3 Å².